The molecule has 1 rings (SSSR count). The number of carbonyl (C=O) groups is 1. The Morgan fingerprint density at radius 3 is 2.06 bits per heavy atom. The lowest BCUT2D eigenvalue weighted by molar-refractivity contribution is -0.138. The number of carboxylic acid groups (broad SMARTS) is 1. The molecule has 90 valence electrons. The van der Waals surface area contributed by atoms with Gasteiger partial charge in [0.05, 0.1) is 13.2 Å². The number of aliphatic hydroxyl groups is 2. The number of carboxylic acids is 1. The van der Waals surface area contributed by atoms with Gasteiger partial charge in [0.25, 0.3) is 0 Å². The van der Waals surface area contributed by atoms with Crippen LogP contribution in [0.2, 0.25) is 0 Å². The summed E-state index contributed by atoms with van der Waals surface area (Å²) in [5, 5.41) is 23.8. The van der Waals surface area contributed by atoms with Gasteiger partial charge in [-0.25, -0.2) is 0 Å². The van der Waals surface area contributed by atoms with Gasteiger partial charge in [0.1, 0.15) is 6.04 Å². The van der Waals surface area contributed by atoms with Crippen molar-refractivity contribution in [3.05, 3.63) is 35.9 Å². The fraction of sp³-hybridized carbons (Fsp3) is 0.364. The molecular weight excluding hydrogens is 210 g/mol. The van der Waals surface area contributed by atoms with Gasteiger partial charge in [0.2, 0.25) is 0 Å². The van der Waals surface area contributed by atoms with Crippen LogP contribution in [0.3, 0.4) is 0 Å². The van der Waals surface area contributed by atoms with E-state index in [1.54, 1.807) is 0 Å². The van der Waals surface area contributed by atoms with Crippen LogP contribution in [0.15, 0.2) is 30.3 Å². The number of hydrogen-bond acceptors (Lipinski definition) is 4. The van der Waals surface area contributed by atoms with Crippen LogP contribution in [0, 0.1) is 0 Å². The summed E-state index contributed by atoms with van der Waals surface area (Å²) in [6.45, 7) is -0.250. The van der Waals surface area contributed by atoms with Crippen LogP contribution >= 0.6 is 0 Å². The van der Waals surface area contributed by atoms with E-state index in [-0.39, 0.29) is 13.2 Å². The van der Waals surface area contributed by atoms with Crippen LogP contribution in [0.1, 0.15) is 5.56 Å². The van der Waals surface area contributed by atoms with Gasteiger partial charge in [-0.3, -0.25) is 4.79 Å². The van der Waals surface area contributed by atoms with E-state index in [9.17, 15) is 4.79 Å². The smallest absolute Gasteiger partial charge is 0.320 e. The molecule has 0 saturated carbocycles. The van der Waals surface area contributed by atoms with Crippen LogP contribution < -0.4 is 5.73 Å². The summed E-state index contributed by atoms with van der Waals surface area (Å²) < 4.78 is 0. The van der Waals surface area contributed by atoms with Gasteiger partial charge in [-0.2, -0.15) is 0 Å². The van der Waals surface area contributed by atoms with E-state index < -0.39 is 12.0 Å². The van der Waals surface area contributed by atoms with Crippen LogP contribution in [0.5, 0.6) is 0 Å². The molecule has 5 heteroatoms. The molecule has 0 aliphatic carbocycles. The minimum absolute atomic E-state index is 0.125. The van der Waals surface area contributed by atoms with Crippen LogP contribution in [0.25, 0.3) is 0 Å². The lowest BCUT2D eigenvalue weighted by Gasteiger charge is -2.04. The molecule has 0 fully saturated rings. The first-order valence-electron chi connectivity index (χ1n) is 4.85. The third-order valence-electron chi connectivity index (χ3n) is 1.72. The average molecular weight is 227 g/mol. The number of aliphatic hydroxyl groups excluding tert-OH is 2. The molecule has 1 atom stereocenters. The van der Waals surface area contributed by atoms with Crippen molar-refractivity contribution < 1.29 is 20.1 Å². The number of benzene rings is 1. The van der Waals surface area contributed by atoms with Crippen LogP contribution in [0.4, 0.5) is 0 Å². The van der Waals surface area contributed by atoms with E-state index in [1.165, 1.54) is 0 Å². The zero-order chi connectivity index (χ0) is 12.4. The van der Waals surface area contributed by atoms with Gasteiger partial charge in [-0.1, -0.05) is 30.3 Å². The molecule has 5 nitrogen and oxygen atoms in total. The Labute approximate surface area is 94.1 Å². The minimum Gasteiger partial charge on any atom is -0.480 e. The summed E-state index contributed by atoms with van der Waals surface area (Å²) in [7, 11) is 0. The first kappa shape index (κ1) is 14.6. The maximum atomic E-state index is 10.4. The molecule has 0 bridgehead atoms. The second kappa shape index (κ2) is 8.84. The fourth-order valence-corrected chi connectivity index (χ4v) is 0.955. The lowest BCUT2D eigenvalue weighted by atomic mass is 10.1. The van der Waals surface area contributed by atoms with Gasteiger partial charge in [-0.05, 0) is 12.0 Å². The van der Waals surface area contributed by atoms with Crippen molar-refractivity contribution in [1.82, 2.24) is 0 Å². The Hall–Kier alpha value is -1.43. The molecule has 0 radical (unpaired) electrons. The highest BCUT2D eigenvalue weighted by Crippen LogP contribution is 2.01. The summed E-state index contributed by atoms with van der Waals surface area (Å²) in [4.78, 5) is 10.4. The number of hydrogen-bond donors (Lipinski definition) is 4. The van der Waals surface area contributed by atoms with Crippen molar-refractivity contribution in [2.75, 3.05) is 13.2 Å². The summed E-state index contributed by atoms with van der Waals surface area (Å²) in [6.07, 6.45) is 0.385. The Kier molecular flexibility index (Phi) is 8.05. The third kappa shape index (κ3) is 6.94. The molecule has 0 amide bonds. The van der Waals surface area contributed by atoms with Crippen molar-refractivity contribution >= 4 is 5.97 Å². The fourth-order valence-electron chi connectivity index (χ4n) is 0.955. The molecule has 5 N–H and O–H groups in total. The van der Waals surface area contributed by atoms with Crippen LogP contribution in [-0.4, -0.2) is 40.5 Å². The Balaban J connectivity index is 0.000000487. The van der Waals surface area contributed by atoms with Crippen molar-refractivity contribution in [3.8, 4) is 0 Å². The molecule has 0 aromatic heterocycles. The average Bonchev–Trinajstić information content (AvgIpc) is 2.30. The Morgan fingerprint density at radius 1 is 1.19 bits per heavy atom. The van der Waals surface area contributed by atoms with E-state index in [4.69, 9.17) is 21.1 Å². The summed E-state index contributed by atoms with van der Waals surface area (Å²) in [5.41, 5.74) is 6.30. The van der Waals surface area contributed by atoms with Crippen molar-refractivity contribution in [2.45, 2.75) is 12.5 Å². The number of aliphatic carboxylic acids is 1. The van der Waals surface area contributed by atoms with E-state index in [0.29, 0.717) is 6.42 Å². The van der Waals surface area contributed by atoms with E-state index in [1.807, 2.05) is 30.3 Å². The Morgan fingerprint density at radius 2 is 1.69 bits per heavy atom. The maximum absolute atomic E-state index is 10.4. The zero-order valence-electron chi connectivity index (χ0n) is 8.91. The predicted molar refractivity (Wildman–Crippen MR) is 59.9 cm³/mol. The van der Waals surface area contributed by atoms with Crippen molar-refractivity contribution in [1.29, 1.82) is 0 Å². The molecule has 0 spiro atoms. The molecule has 1 aromatic carbocycles. The quantitative estimate of drug-likeness (QED) is 0.561. The first-order valence-corrected chi connectivity index (χ1v) is 4.85. The van der Waals surface area contributed by atoms with Crippen molar-refractivity contribution in [2.24, 2.45) is 5.73 Å². The highest BCUT2D eigenvalue weighted by Gasteiger charge is 2.10. The predicted octanol–water partition coefficient (Wildman–Crippen LogP) is -0.388. The highest BCUT2D eigenvalue weighted by atomic mass is 16.4. The third-order valence-corrected chi connectivity index (χ3v) is 1.72. The van der Waals surface area contributed by atoms with Gasteiger partial charge >= 0.3 is 5.97 Å². The normalized spacial score (nSPS) is 11.2. The zero-order valence-corrected chi connectivity index (χ0v) is 8.91. The SMILES string of the molecule is NC(Cc1ccccc1)C(=O)O.OCCO. The monoisotopic (exact) mass is 227 g/mol. The number of nitrogens with two attached hydrogens (primary N) is 1. The largest absolute Gasteiger partial charge is 0.480 e. The molecular formula is C11H17NO4. The van der Waals surface area contributed by atoms with Crippen LogP contribution in [-0.2, 0) is 11.2 Å². The van der Waals surface area contributed by atoms with E-state index in [2.05, 4.69) is 0 Å². The highest BCUT2D eigenvalue weighted by molar-refractivity contribution is 5.73. The summed E-state index contributed by atoms with van der Waals surface area (Å²) >= 11 is 0. The standard InChI is InChI=1S/C9H11NO2.C2H6O2/c10-8(9(11)12)6-7-4-2-1-3-5-7;3-1-2-4/h1-5,8H,6,10H2,(H,11,12);3-4H,1-2H2. The van der Waals surface area contributed by atoms with Gasteiger partial charge in [-0.15, -0.1) is 0 Å². The van der Waals surface area contributed by atoms with E-state index in [0.717, 1.165) is 5.56 Å². The summed E-state index contributed by atoms with van der Waals surface area (Å²) in [6, 6.07) is 8.54. The van der Waals surface area contributed by atoms with Gasteiger partial charge in [0, 0.05) is 0 Å². The molecule has 0 heterocycles. The molecule has 1 unspecified atom stereocenters. The lowest BCUT2D eigenvalue weighted by Crippen LogP contribution is -2.32. The number of rotatable bonds is 4. The maximum Gasteiger partial charge on any atom is 0.320 e. The second-order valence-electron chi connectivity index (χ2n) is 3.08. The molecule has 0 saturated heterocycles. The van der Waals surface area contributed by atoms with Crippen molar-refractivity contribution in [3.63, 3.8) is 0 Å². The molecule has 1 aromatic rings. The molecule has 16 heavy (non-hydrogen) atoms. The topological polar surface area (TPSA) is 104 Å². The summed E-state index contributed by atoms with van der Waals surface area (Å²) in [5.74, 6) is -0.959. The molecule has 0 aliphatic rings. The van der Waals surface area contributed by atoms with Gasteiger partial charge in [0.15, 0.2) is 0 Å². The molecule has 0 aliphatic heterocycles. The van der Waals surface area contributed by atoms with E-state index >= 15 is 0 Å². The minimum atomic E-state index is -0.959. The second-order valence-corrected chi connectivity index (χ2v) is 3.08. The first-order chi connectivity index (χ1) is 7.61. The van der Waals surface area contributed by atoms with Gasteiger partial charge < -0.3 is 21.1 Å². The Bertz CT molecular complexity index is 287.